The average Bonchev–Trinajstić information content (AvgIpc) is 3.25. The SMILES string of the molecule is O=C(CCc1ccsc1)N1CCN(S(=O)(=O)c2ccc3c(c2)CCCC3)CC1. The first-order chi connectivity index (χ1) is 13.5. The van der Waals surface area contributed by atoms with Gasteiger partial charge in [-0.3, -0.25) is 4.79 Å². The summed E-state index contributed by atoms with van der Waals surface area (Å²) in [6.07, 6.45) is 5.54. The fourth-order valence-electron chi connectivity index (χ4n) is 4.04. The third-order valence-electron chi connectivity index (χ3n) is 5.76. The molecule has 2 heterocycles. The molecule has 1 amide bonds. The summed E-state index contributed by atoms with van der Waals surface area (Å²) < 4.78 is 27.6. The van der Waals surface area contributed by atoms with E-state index in [-0.39, 0.29) is 5.91 Å². The molecule has 4 rings (SSSR count). The summed E-state index contributed by atoms with van der Waals surface area (Å²) in [6, 6.07) is 7.63. The van der Waals surface area contributed by atoms with E-state index in [1.807, 2.05) is 23.6 Å². The van der Waals surface area contributed by atoms with Gasteiger partial charge in [-0.05, 0) is 77.8 Å². The second-order valence-corrected chi connectivity index (χ2v) is 10.3. The molecule has 0 saturated carbocycles. The number of carbonyl (C=O) groups excluding carboxylic acids is 1. The van der Waals surface area contributed by atoms with Gasteiger partial charge < -0.3 is 4.90 Å². The van der Waals surface area contributed by atoms with Gasteiger partial charge in [0.15, 0.2) is 0 Å². The Bertz CT molecular complexity index is 931. The lowest BCUT2D eigenvalue weighted by Gasteiger charge is -2.34. The third-order valence-corrected chi connectivity index (χ3v) is 8.38. The number of thiophene rings is 1. The Morgan fingerprint density at radius 1 is 1.00 bits per heavy atom. The van der Waals surface area contributed by atoms with Crippen LogP contribution in [0.1, 0.15) is 36.0 Å². The van der Waals surface area contributed by atoms with E-state index in [4.69, 9.17) is 0 Å². The van der Waals surface area contributed by atoms with Crippen LogP contribution in [0, 0.1) is 0 Å². The molecule has 1 aromatic heterocycles. The standard InChI is InChI=1S/C21H26N2O3S2/c24-21(8-5-17-9-14-27-16-17)22-10-12-23(13-11-22)28(25,26)20-7-6-18-3-1-2-4-19(18)15-20/h6-7,9,14-16H,1-5,8,10-13H2. The summed E-state index contributed by atoms with van der Waals surface area (Å²) in [5.74, 6) is 0.108. The van der Waals surface area contributed by atoms with Crippen LogP contribution in [0.2, 0.25) is 0 Å². The molecule has 0 unspecified atom stereocenters. The van der Waals surface area contributed by atoms with Crippen LogP contribution in [-0.4, -0.2) is 49.7 Å². The number of nitrogens with zero attached hydrogens (tertiary/aromatic N) is 2. The number of rotatable bonds is 5. The number of amides is 1. The molecule has 0 atom stereocenters. The maximum absolute atomic E-state index is 13.1. The van der Waals surface area contributed by atoms with Gasteiger partial charge in [-0.15, -0.1) is 0 Å². The highest BCUT2D eigenvalue weighted by molar-refractivity contribution is 7.89. The first-order valence-electron chi connectivity index (χ1n) is 9.95. The second kappa shape index (κ2) is 8.35. The number of hydrogen-bond donors (Lipinski definition) is 0. The molecule has 28 heavy (non-hydrogen) atoms. The predicted molar refractivity (Wildman–Crippen MR) is 111 cm³/mol. The van der Waals surface area contributed by atoms with Gasteiger partial charge in [0.1, 0.15) is 0 Å². The van der Waals surface area contributed by atoms with E-state index in [0.717, 1.165) is 25.7 Å². The van der Waals surface area contributed by atoms with E-state index >= 15 is 0 Å². The van der Waals surface area contributed by atoms with Crippen molar-refractivity contribution in [1.29, 1.82) is 0 Å². The smallest absolute Gasteiger partial charge is 0.243 e. The van der Waals surface area contributed by atoms with E-state index in [1.165, 1.54) is 27.4 Å². The highest BCUT2D eigenvalue weighted by atomic mass is 32.2. The van der Waals surface area contributed by atoms with Crippen molar-refractivity contribution in [3.63, 3.8) is 0 Å². The van der Waals surface area contributed by atoms with Gasteiger partial charge in [0.2, 0.25) is 15.9 Å². The molecule has 0 N–H and O–H groups in total. The van der Waals surface area contributed by atoms with E-state index in [1.54, 1.807) is 22.3 Å². The van der Waals surface area contributed by atoms with Gasteiger partial charge in [-0.2, -0.15) is 15.6 Å². The van der Waals surface area contributed by atoms with E-state index in [2.05, 4.69) is 5.38 Å². The number of carbonyl (C=O) groups is 1. The molecule has 1 aromatic carbocycles. The van der Waals surface area contributed by atoms with Gasteiger partial charge in [0.05, 0.1) is 4.90 Å². The van der Waals surface area contributed by atoms with Crippen molar-refractivity contribution in [1.82, 2.24) is 9.21 Å². The third kappa shape index (κ3) is 4.16. The van der Waals surface area contributed by atoms with E-state index in [9.17, 15) is 13.2 Å². The van der Waals surface area contributed by atoms with Crippen molar-refractivity contribution < 1.29 is 13.2 Å². The molecule has 7 heteroatoms. The molecule has 1 fully saturated rings. The van der Waals surface area contributed by atoms with Crippen LogP contribution < -0.4 is 0 Å². The number of hydrogen-bond acceptors (Lipinski definition) is 4. The zero-order chi connectivity index (χ0) is 19.6. The normalized spacial score (nSPS) is 18.1. The van der Waals surface area contributed by atoms with Crippen molar-refractivity contribution in [2.45, 2.75) is 43.4 Å². The van der Waals surface area contributed by atoms with Gasteiger partial charge in [0.25, 0.3) is 0 Å². The number of aryl methyl sites for hydroxylation is 3. The predicted octanol–water partition coefficient (Wildman–Crippen LogP) is 3.09. The van der Waals surface area contributed by atoms with Crippen LogP contribution in [-0.2, 0) is 34.1 Å². The van der Waals surface area contributed by atoms with Crippen molar-refractivity contribution in [3.8, 4) is 0 Å². The Balaban J connectivity index is 1.36. The lowest BCUT2D eigenvalue weighted by atomic mass is 9.92. The first kappa shape index (κ1) is 19.6. The van der Waals surface area contributed by atoms with Gasteiger partial charge >= 0.3 is 0 Å². The van der Waals surface area contributed by atoms with Crippen LogP contribution in [0.3, 0.4) is 0 Å². The van der Waals surface area contributed by atoms with Crippen LogP contribution in [0.25, 0.3) is 0 Å². The fraction of sp³-hybridized carbons (Fsp3) is 0.476. The lowest BCUT2D eigenvalue weighted by molar-refractivity contribution is -0.132. The summed E-state index contributed by atoms with van der Waals surface area (Å²) >= 11 is 1.64. The Hall–Kier alpha value is -1.70. The number of sulfonamides is 1. The topological polar surface area (TPSA) is 57.7 Å². The molecular weight excluding hydrogens is 392 g/mol. The summed E-state index contributed by atoms with van der Waals surface area (Å²) in [6.45, 7) is 1.66. The minimum atomic E-state index is -3.50. The molecule has 0 radical (unpaired) electrons. The summed E-state index contributed by atoms with van der Waals surface area (Å²) in [4.78, 5) is 14.6. The highest BCUT2D eigenvalue weighted by Gasteiger charge is 2.30. The summed E-state index contributed by atoms with van der Waals surface area (Å²) in [7, 11) is -3.50. The molecule has 2 aliphatic rings. The van der Waals surface area contributed by atoms with Gasteiger partial charge in [-0.1, -0.05) is 6.07 Å². The Kier molecular flexibility index (Phi) is 5.85. The van der Waals surface area contributed by atoms with Crippen LogP contribution in [0.15, 0.2) is 39.9 Å². The maximum Gasteiger partial charge on any atom is 0.243 e. The summed E-state index contributed by atoms with van der Waals surface area (Å²) in [5.41, 5.74) is 3.65. The Labute approximate surface area is 171 Å². The average molecular weight is 419 g/mol. The number of benzene rings is 1. The molecule has 2 aromatic rings. The molecule has 1 aliphatic carbocycles. The van der Waals surface area contributed by atoms with Crippen molar-refractivity contribution in [3.05, 3.63) is 51.7 Å². The molecular formula is C21H26N2O3S2. The number of piperazine rings is 1. The number of fused-ring (bicyclic) bond motifs is 1. The minimum absolute atomic E-state index is 0.108. The Morgan fingerprint density at radius 2 is 1.75 bits per heavy atom. The summed E-state index contributed by atoms with van der Waals surface area (Å²) in [5, 5.41) is 4.08. The molecule has 0 spiro atoms. The van der Waals surface area contributed by atoms with Crippen LogP contribution >= 0.6 is 11.3 Å². The fourth-order valence-corrected chi connectivity index (χ4v) is 6.22. The van der Waals surface area contributed by atoms with Crippen molar-refractivity contribution in [2.75, 3.05) is 26.2 Å². The molecule has 1 saturated heterocycles. The van der Waals surface area contributed by atoms with E-state index in [0.29, 0.717) is 37.5 Å². The van der Waals surface area contributed by atoms with Crippen molar-refractivity contribution >= 4 is 27.3 Å². The highest BCUT2D eigenvalue weighted by Crippen LogP contribution is 2.26. The largest absolute Gasteiger partial charge is 0.340 e. The second-order valence-electron chi connectivity index (χ2n) is 7.55. The maximum atomic E-state index is 13.1. The molecule has 0 bridgehead atoms. The van der Waals surface area contributed by atoms with E-state index < -0.39 is 10.0 Å². The minimum Gasteiger partial charge on any atom is -0.340 e. The van der Waals surface area contributed by atoms with Gasteiger partial charge in [0, 0.05) is 32.6 Å². The first-order valence-corrected chi connectivity index (χ1v) is 12.3. The van der Waals surface area contributed by atoms with Crippen molar-refractivity contribution in [2.24, 2.45) is 0 Å². The van der Waals surface area contributed by atoms with Crippen LogP contribution in [0.4, 0.5) is 0 Å². The van der Waals surface area contributed by atoms with Gasteiger partial charge in [-0.25, -0.2) is 8.42 Å². The Morgan fingerprint density at radius 3 is 2.46 bits per heavy atom. The van der Waals surface area contributed by atoms with Crippen LogP contribution in [0.5, 0.6) is 0 Å². The monoisotopic (exact) mass is 418 g/mol. The molecule has 150 valence electrons. The zero-order valence-corrected chi connectivity index (χ0v) is 17.6. The lowest BCUT2D eigenvalue weighted by Crippen LogP contribution is -2.50. The zero-order valence-electron chi connectivity index (χ0n) is 16.0. The quantitative estimate of drug-likeness (QED) is 0.750. The molecule has 1 aliphatic heterocycles. The molecule has 5 nitrogen and oxygen atoms in total.